The van der Waals surface area contributed by atoms with Gasteiger partial charge in [-0.05, 0) is 135 Å². The quantitative estimate of drug-likeness (QED) is 0.00583. The lowest BCUT2D eigenvalue weighted by molar-refractivity contribution is -0.205. The number of rotatable bonds is 45. The summed E-state index contributed by atoms with van der Waals surface area (Å²) in [6, 6.07) is 6.98. The molecule has 36 heteroatoms. The summed E-state index contributed by atoms with van der Waals surface area (Å²) in [4.78, 5) is 147. The predicted octanol–water partition coefficient (Wildman–Crippen LogP) is 6.33. The van der Waals surface area contributed by atoms with Gasteiger partial charge in [0.2, 0.25) is 29.5 Å². The maximum Gasteiger partial charge on any atom is 0.524 e. The molecule has 3 fully saturated rings. The summed E-state index contributed by atoms with van der Waals surface area (Å²) in [5, 5.41) is 11.6. The van der Waals surface area contributed by atoms with Crippen LogP contribution in [0, 0.1) is 30.6 Å². The fourth-order valence-corrected chi connectivity index (χ4v) is 15.6. The third kappa shape index (κ3) is 22.1. The van der Waals surface area contributed by atoms with Gasteiger partial charge >= 0.3 is 19.8 Å². The van der Waals surface area contributed by atoms with Crippen molar-refractivity contribution in [2.45, 2.75) is 117 Å². The molecule has 3 saturated carbocycles. The number of nitrogens with two attached hydrogens (primary N) is 2. The van der Waals surface area contributed by atoms with Crippen molar-refractivity contribution >= 4 is 135 Å². The molecule has 1 aromatic heterocycles. The molecule has 32 nitrogen and oxygen atoms in total. The van der Waals surface area contributed by atoms with E-state index in [9.17, 15) is 52.7 Å². The average Bonchev–Trinajstić information content (AvgIpc) is 1.25. The number of aromatic nitrogens is 1. The molecule has 0 spiro atoms. The number of fused-ring (bicyclic) bond motifs is 4. The SMILES string of the molecule is C/C(=C/N)c1c(C)c(OC(=S)N(C)CCCC(=O)OCc2ccc(NC(=O)C(CCCNC(N)=O)NC(=O)C(NC(=O)CCOCCOCCOCCOCCOCCOCCN3C(=O)C=CC3=O)C(C)C)cc2)cc2c1C(CCl)CN2C(=O)C12CC(C(=O)N3CC(CCl)c4c3cc(OP(=O)(O)O)c3[nH]cc(C)c43)(C1)C2. The molecular formula is C75H100Cl2N11O21PS. The Bertz CT molecular complexity index is 4140. The van der Waals surface area contributed by atoms with E-state index in [0.717, 1.165) is 38.3 Å². The first-order valence-electron chi connectivity index (χ1n) is 36.9. The first-order chi connectivity index (χ1) is 53.0. The number of alkyl halides is 2. The number of phosphoric acid groups is 1. The van der Waals surface area contributed by atoms with Gasteiger partial charge in [0, 0.05) is 111 Å². The van der Waals surface area contributed by atoms with Gasteiger partial charge in [-0.15, -0.1) is 23.2 Å². The number of carbonyl (C=O) groups is 9. The number of nitrogens with zero attached hydrogens (tertiary/aromatic N) is 4. The molecule has 3 aromatic carbocycles. The Kier molecular flexibility index (Phi) is 31.2. The number of anilines is 3. The van der Waals surface area contributed by atoms with E-state index in [1.165, 1.54) is 24.4 Å². The van der Waals surface area contributed by atoms with Crippen LogP contribution in [0.2, 0.25) is 0 Å². The van der Waals surface area contributed by atoms with Gasteiger partial charge in [-0.1, -0.05) is 26.0 Å². The van der Waals surface area contributed by atoms with Crippen LogP contribution in [0.1, 0.15) is 117 Å². The Morgan fingerprint density at radius 1 is 0.757 bits per heavy atom. The Labute approximate surface area is 659 Å². The summed E-state index contributed by atoms with van der Waals surface area (Å²) in [6.45, 7) is 13.6. The van der Waals surface area contributed by atoms with Crippen molar-refractivity contribution in [1.82, 2.24) is 30.7 Å². The second-order valence-corrected chi connectivity index (χ2v) is 30.6. The second-order valence-electron chi connectivity index (χ2n) is 28.5. The smallest absolute Gasteiger partial charge is 0.461 e. The molecule has 9 amide bonds. The van der Waals surface area contributed by atoms with Gasteiger partial charge in [0.1, 0.15) is 24.4 Å². The molecular weight excluding hydrogens is 1520 g/mol. The van der Waals surface area contributed by atoms with Crippen molar-refractivity contribution in [2.24, 2.45) is 28.2 Å². The predicted molar refractivity (Wildman–Crippen MR) is 416 cm³/mol. The van der Waals surface area contributed by atoms with Crippen LogP contribution in [-0.4, -0.2) is 226 Å². The standard InChI is InChI=1S/C75H100Cl2N11O21PS/c1-45(2)66(84-58(89)17-21-101-23-25-103-27-29-105-31-32-106-30-28-104-26-24-102-22-20-86-59(90)15-16-60(86)91)69(94)83-53(9-7-18-80-72(79)97)68(93)82-52-13-11-49(12-14-52)41-107-61(92)10-8-19-85(6)73(111)108-56-33-54-64(62(48(56)5)46(3)37-78)50(35-76)39-87(54)70(95)74-42-75(43-74,44-74)71(96)88-40-51(36-77)65-55(88)34-57(109-110(98,99)100)67-63(65)47(4)38-81-67/h11-16,33-34,37-38,45,50-51,53,66,81H,7-10,17-32,35-36,39-44,78H2,1-6H3,(H,82,93)(H,83,94)(H,84,89)(H3,79,80,97)(H2,98,99,100)/b46-37-. The van der Waals surface area contributed by atoms with Gasteiger partial charge in [0.05, 0.1) is 114 Å². The van der Waals surface area contributed by atoms with Crippen molar-refractivity contribution in [3.63, 3.8) is 0 Å². The van der Waals surface area contributed by atoms with Gasteiger partial charge in [-0.3, -0.25) is 53.0 Å². The largest absolute Gasteiger partial charge is 0.524 e. The summed E-state index contributed by atoms with van der Waals surface area (Å²) in [5.41, 5.74) is 16.8. The minimum Gasteiger partial charge on any atom is -0.461 e. The van der Waals surface area contributed by atoms with Gasteiger partial charge in [0.25, 0.3) is 17.0 Å². The highest BCUT2D eigenvalue weighted by Crippen LogP contribution is 2.75. The molecule has 4 aromatic rings. The number of hydrogen-bond acceptors (Lipinski definition) is 21. The number of phosphoric ester groups is 1. The Morgan fingerprint density at radius 2 is 1.30 bits per heavy atom. The number of hydrogen-bond donors (Lipinski definition) is 9. The first kappa shape index (κ1) is 86.7. The highest BCUT2D eigenvalue weighted by Gasteiger charge is 2.76. The minimum absolute atomic E-state index is 0.0317. The number of carbonyl (C=O) groups excluding carboxylic acids is 9. The lowest BCUT2D eigenvalue weighted by Gasteiger charge is -2.69. The van der Waals surface area contributed by atoms with E-state index in [-0.39, 0.29) is 149 Å². The van der Waals surface area contributed by atoms with E-state index in [1.807, 2.05) is 20.8 Å². The number of allylic oxidation sites excluding steroid dienone is 1. The van der Waals surface area contributed by atoms with Crippen molar-refractivity contribution in [1.29, 1.82) is 0 Å². The fraction of sp³-hybridized carbons (Fsp3) is 0.547. The third-order valence-corrected chi connectivity index (χ3v) is 21.7. The molecule has 0 saturated heterocycles. The molecule has 111 heavy (non-hydrogen) atoms. The minimum atomic E-state index is -4.99. The number of aryl methyl sites for hydroxylation is 1. The van der Waals surface area contributed by atoms with E-state index in [4.69, 9.17) is 89.3 Å². The van der Waals surface area contributed by atoms with Crippen molar-refractivity contribution in [2.75, 3.05) is 146 Å². The van der Waals surface area contributed by atoms with Crippen molar-refractivity contribution in [3.8, 4) is 11.5 Å². The number of H-pyrrole nitrogens is 1. The van der Waals surface area contributed by atoms with Gasteiger partial charge in [-0.2, -0.15) is 0 Å². The summed E-state index contributed by atoms with van der Waals surface area (Å²) < 4.78 is 62.3. The van der Waals surface area contributed by atoms with Crippen LogP contribution in [0.4, 0.5) is 21.9 Å². The van der Waals surface area contributed by atoms with E-state index < -0.39 is 60.5 Å². The van der Waals surface area contributed by atoms with Crippen LogP contribution in [0.3, 0.4) is 0 Å². The first-order valence-corrected chi connectivity index (χ1v) is 39.9. The van der Waals surface area contributed by atoms with Gasteiger partial charge in [0.15, 0.2) is 5.75 Å². The van der Waals surface area contributed by atoms with E-state index in [0.29, 0.717) is 124 Å². The Morgan fingerprint density at radius 3 is 1.84 bits per heavy atom. The van der Waals surface area contributed by atoms with Gasteiger partial charge in [-0.25, -0.2) is 9.36 Å². The van der Waals surface area contributed by atoms with Gasteiger partial charge < -0.3 is 94.8 Å². The number of primary amides is 1. The van der Waals surface area contributed by atoms with Crippen LogP contribution >= 0.6 is 43.2 Å². The topological polar surface area (TPSA) is 423 Å². The summed E-state index contributed by atoms with van der Waals surface area (Å²) in [6.07, 6.45) is 7.21. The zero-order valence-electron chi connectivity index (χ0n) is 63.2. The number of halogens is 2. The zero-order chi connectivity index (χ0) is 80.3. The van der Waals surface area contributed by atoms with Crippen LogP contribution in [0.15, 0.2) is 60.9 Å². The molecule has 4 heterocycles. The number of thiocarbonyl (C=S) groups is 1. The number of nitrogens with one attached hydrogen (secondary N) is 5. The summed E-state index contributed by atoms with van der Waals surface area (Å²) in [5.74, 6) is -3.40. The Hall–Kier alpha value is -8.31. The Balaban J connectivity index is 0.678. The normalized spacial score (nSPS) is 18.8. The maximum absolute atomic E-state index is 15.0. The number of esters is 1. The summed E-state index contributed by atoms with van der Waals surface area (Å²) >= 11 is 19.1. The van der Waals surface area contributed by atoms with Crippen molar-refractivity contribution < 1.29 is 99.9 Å². The number of benzene rings is 3. The maximum atomic E-state index is 15.0. The number of ether oxygens (including phenoxy) is 8. The number of urea groups is 1. The van der Waals surface area contributed by atoms with Crippen LogP contribution < -0.4 is 51.8 Å². The third-order valence-electron chi connectivity index (χ3n) is 20.1. The molecule has 606 valence electrons. The van der Waals surface area contributed by atoms with E-state index in [1.54, 1.807) is 72.1 Å². The van der Waals surface area contributed by atoms with Crippen molar-refractivity contribution in [3.05, 3.63) is 94.3 Å². The molecule has 4 atom stereocenters. The molecule has 0 radical (unpaired) electrons. The second kappa shape index (κ2) is 39.9. The molecule has 2 bridgehead atoms. The lowest BCUT2D eigenvalue weighted by atomic mass is 9.34. The van der Waals surface area contributed by atoms with Crippen LogP contribution in [0.5, 0.6) is 11.5 Å². The molecule has 4 unspecified atom stereocenters. The summed E-state index contributed by atoms with van der Waals surface area (Å²) in [7, 11) is -3.26. The zero-order valence-corrected chi connectivity index (χ0v) is 66.4. The number of imide groups is 1. The average molecular weight is 1630 g/mol. The highest BCUT2D eigenvalue weighted by molar-refractivity contribution is 7.80. The molecule has 3 aliphatic heterocycles. The monoisotopic (exact) mass is 1620 g/mol. The molecule has 11 N–H and O–H groups in total. The molecule has 10 rings (SSSR count). The lowest BCUT2D eigenvalue weighted by Crippen LogP contribution is -2.73. The highest BCUT2D eigenvalue weighted by atomic mass is 35.5. The fourth-order valence-electron chi connectivity index (χ4n) is 14.5. The van der Waals surface area contributed by atoms with E-state index in [2.05, 4.69) is 26.3 Å². The number of amides is 9. The number of aromatic amines is 1. The molecule has 6 aliphatic rings. The van der Waals surface area contributed by atoms with Crippen LogP contribution in [-0.2, 0) is 82.7 Å². The van der Waals surface area contributed by atoms with E-state index >= 15 is 4.79 Å². The van der Waals surface area contributed by atoms with Crippen LogP contribution in [0.25, 0.3) is 16.5 Å². The molecule has 3 aliphatic carbocycles.